The third-order valence-corrected chi connectivity index (χ3v) is 5.46. The maximum absolute atomic E-state index is 12.1. The van der Waals surface area contributed by atoms with E-state index in [4.69, 9.17) is 0 Å². The van der Waals surface area contributed by atoms with Crippen LogP contribution in [0.25, 0.3) is 0 Å². The number of aromatic nitrogens is 1. The number of hydrogen-bond donors (Lipinski definition) is 1. The molecule has 2 heterocycles. The molecule has 0 atom stereocenters. The lowest BCUT2D eigenvalue weighted by Crippen LogP contribution is -2.50. The van der Waals surface area contributed by atoms with E-state index in [1.54, 1.807) is 11.3 Å². The van der Waals surface area contributed by atoms with E-state index in [9.17, 15) is 4.79 Å². The van der Waals surface area contributed by atoms with Gasteiger partial charge in [0.05, 0.1) is 17.2 Å². The Hall–Kier alpha value is -0.980. The molecule has 1 aliphatic heterocycles. The van der Waals surface area contributed by atoms with Gasteiger partial charge in [-0.15, -0.1) is 11.3 Å². The standard InChI is InChI=1S/C16H26N4OS/c1-2-15-18-14(12-22-15)11-19-5-7-20(8-6-19)16(21)10-17-9-13-3-4-13/h12-13,17H,2-11H2,1H3. The van der Waals surface area contributed by atoms with Crippen molar-refractivity contribution in [2.75, 3.05) is 39.3 Å². The molecule has 2 aliphatic rings. The number of nitrogens with zero attached hydrogens (tertiary/aromatic N) is 3. The SMILES string of the molecule is CCc1nc(CN2CCN(C(=O)CNCC3CC3)CC2)cs1. The third kappa shape index (κ3) is 4.51. The summed E-state index contributed by atoms with van der Waals surface area (Å²) < 4.78 is 0. The molecular weight excluding hydrogens is 296 g/mol. The summed E-state index contributed by atoms with van der Waals surface area (Å²) in [7, 11) is 0. The molecule has 5 nitrogen and oxygen atoms in total. The summed E-state index contributed by atoms with van der Waals surface area (Å²) in [6.07, 6.45) is 3.67. The van der Waals surface area contributed by atoms with Crippen molar-refractivity contribution in [2.45, 2.75) is 32.7 Å². The smallest absolute Gasteiger partial charge is 0.236 e. The summed E-state index contributed by atoms with van der Waals surface area (Å²) in [4.78, 5) is 21.2. The second kappa shape index (κ2) is 7.53. The van der Waals surface area contributed by atoms with Crippen LogP contribution in [0, 0.1) is 5.92 Å². The Bertz CT molecular complexity index is 492. The lowest BCUT2D eigenvalue weighted by molar-refractivity contribution is -0.132. The molecule has 1 aromatic rings. The Morgan fingerprint density at radius 1 is 1.36 bits per heavy atom. The first-order valence-electron chi connectivity index (χ1n) is 8.38. The summed E-state index contributed by atoms with van der Waals surface area (Å²) in [6, 6.07) is 0. The molecule has 0 unspecified atom stereocenters. The molecule has 1 N–H and O–H groups in total. The molecule has 2 fully saturated rings. The van der Waals surface area contributed by atoms with Crippen LogP contribution in [0.3, 0.4) is 0 Å². The third-order valence-electron chi connectivity index (χ3n) is 4.42. The fourth-order valence-corrected chi connectivity index (χ4v) is 3.52. The van der Waals surface area contributed by atoms with Crippen LogP contribution in [0.5, 0.6) is 0 Å². The van der Waals surface area contributed by atoms with Gasteiger partial charge in [-0.25, -0.2) is 4.98 Å². The lowest BCUT2D eigenvalue weighted by atomic mass is 10.3. The van der Waals surface area contributed by atoms with E-state index < -0.39 is 0 Å². The normalized spacial score (nSPS) is 19.6. The quantitative estimate of drug-likeness (QED) is 0.823. The number of hydrogen-bond acceptors (Lipinski definition) is 5. The van der Waals surface area contributed by atoms with Crippen LogP contribution in [-0.2, 0) is 17.8 Å². The molecule has 0 spiro atoms. The second-order valence-electron chi connectivity index (χ2n) is 6.32. The molecule has 0 radical (unpaired) electrons. The van der Waals surface area contributed by atoms with E-state index in [0.717, 1.165) is 51.6 Å². The maximum Gasteiger partial charge on any atom is 0.236 e. The Morgan fingerprint density at radius 2 is 2.14 bits per heavy atom. The zero-order valence-electron chi connectivity index (χ0n) is 13.4. The molecule has 1 saturated heterocycles. The number of amides is 1. The molecule has 1 saturated carbocycles. The van der Waals surface area contributed by atoms with Crippen LogP contribution in [-0.4, -0.2) is 60.0 Å². The molecule has 122 valence electrons. The molecule has 3 rings (SSSR count). The van der Waals surface area contributed by atoms with Gasteiger partial charge in [0.2, 0.25) is 5.91 Å². The average Bonchev–Trinajstić information content (AvgIpc) is 3.25. The predicted octanol–water partition coefficient (Wildman–Crippen LogP) is 1.35. The van der Waals surface area contributed by atoms with Crippen LogP contribution in [0.15, 0.2) is 5.38 Å². The monoisotopic (exact) mass is 322 g/mol. The van der Waals surface area contributed by atoms with Gasteiger partial charge in [0.1, 0.15) is 0 Å². The van der Waals surface area contributed by atoms with Gasteiger partial charge in [-0.3, -0.25) is 9.69 Å². The highest BCUT2D eigenvalue weighted by Gasteiger charge is 2.23. The maximum atomic E-state index is 12.1. The Labute approximate surface area is 136 Å². The number of piperazine rings is 1. The van der Waals surface area contributed by atoms with Crippen molar-refractivity contribution < 1.29 is 4.79 Å². The number of aryl methyl sites for hydroxylation is 1. The molecule has 0 bridgehead atoms. The van der Waals surface area contributed by atoms with Crippen LogP contribution in [0.1, 0.15) is 30.5 Å². The van der Waals surface area contributed by atoms with Crippen LogP contribution < -0.4 is 5.32 Å². The van der Waals surface area contributed by atoms with Crippen molar-refractivity contribution in [2.24, 2.45) is 5.92 Å². The molecule has 22 heavy (non-hydrogen) atoms. The lowest BCUT2D eigenvalue weighted by Gasteiger charge is -2.34. The van der Waals surface area contributed by atoms with E-state index in [2.05, 4.69) is 27.5 Å². The summed E-state index contributed by atoms with van der Waals surface area (Å²) in [5, 5.41) is 6.67. The highest BCUT2D eigenvalue weighted by molar-refractivity contribution is 7.09. The zero-order chi connectivity index (χ0) is 15.4. The van der Waals surface area contributed by atoms with Crippen molar-refractivity contribution in [3.63, 3.8) is 0 Å². The fraction of sp³-hybridized carbons (Fsp3) is 0.750. The average molecular weight is 322 g/mol. The highest BCUT2D eigenvalue weighted by Crippen LogP contribution is 2.27. The summed E-state index contributed by atoms with van der Waals surface area (Å²) in [6.45, 7) is 8.16. The molecule has 0 aromatic carbocycles. The zero-order valence-corrected chi connectivity index (χ0v) is 14.2. The first kappa shape index (κ1) is 15.9. The van der Waals surface area contributed by atoms with Gasteiger partial charge in [-0.1, -0.05) is 6.92 Å². The Balaban J connectivity index is 1.36. The second-order valence-corrected chi connectivity index (χ2v) is 7.26. The minimum absolute atomic E-state index is 0.252. The van der Waals surface area contributed by atoms with Crippen molar-refractivity contribution in [3.8, 4) is 0 Å². The van der Waals surface area contributed by atoms with E-state index in [0.29, 0.717) is 6.54 Å². The minimum Gasteiger partial charge on any atom is -0.339 e. The highest BCUT2D eigenvalue weighted by atomic mass is 32.1. The van der Waals surface area contributed by atoms with Gasteiger partial charge in [-0.05, 0) is 31.7 Å². The number of nitrogens with one attached hydrogen (secondary N) is 1. The molecule has 6 heteroatoms. The summed E-state index contributed by atoms with van der Waals surface area (Å²) in [5.41, 5.74) is 1.17. The van der Waals surface area contributed by atoms with Crippen LogP contribution >= 0.6 is 11.3 Å². The Morgan fingerprint density at radius 3 is 2.77 bits per heavy atom. The fourth-order valence-electron chi connectivity index (χ4n) is 2.79. The van der Waals surface area contributed by atoms with Crippen LogP contribution in [0.2, 0.25) is 0 Å². The van der Waals surface area contributed by atoms with Gasteiger partial charge in [0.25, 0.3) is 0 Å². The predicted molar refractivity (Wildman–Crippen MR) is 88.9 cm³/mol. The van der Waals surface area contributed by atoms with Crippen molar-refractivity contribution >= 4 is 17.2 Å². The Kier molecular flexibility index (Phi) is 5.44. The summed E-state index contributed by atoms with van der Waals surface area (Å²) in [5.74, 6) is 1.08. The minimum atomic E-state index is 0.252. The molecule has 1 aromatic heterocycles. The molecule has 1 aliphatic carbocycles. The van der Waals surface area contributed by atoms with Crippen molar-refractivity contribution in [1.82, 2.24) is 20.1 Å². The topological polar surface area (TPSA) is 48.5 Å². The van der Waals surface area contributed by atoms with E-state index >= 15 is 0 Å². The van der Waals surface area contributed by atoms with Gasteiger partial charge in [0, 0.05) is 38.1 Å². The van der Waals surface area contributed by atoms with E-state index in [1.807, 2.05) is 4.90 Å². The number of carbonyl (C=O) groups excluding carboxylic acids is 1. The van der Waals surface area contributed by atoms with Gasteiger partial charge in [-0.2, -0.15) is 0 Å². The molecule has 1 amide bonds. The molecular formula is C16H26N4OS. The number of thiazole rings is 1. The first-order valence-corrected chi connectivity index (χ1v) is 9.26. The number of carbonyl (C=O) groups is 1. The van der Waals surface area contributed by atoms with Gasteiger partial charge in [0.15, 0.2) is 0 Å². The van der Waals surface area contributed by atoms with Gasteiger partial charge < -0.3 is 10.2 Å². The summed E-state index contributed by atoms with van der Waals surface area (Å²) >= 11 is 1.75. The van der Waals surface area contributed by atoms with Crippen molar-refractivity contribution in [1.29, 1.82) is 0 Å². The van der Waals surface area contributed by atoms with E-state index in [-0.39, 0.29) is 5.91 Å². The largest absolute Gasteiger partial charge is 0.339 e. The van der Waals surface area contributed by atoms with Crippen LogP contribution in [0.4, 0.5) is 0 Å². The number of rotatable bonds is 7. The van der Waals surface area contributed by atoms with Crippen molar-refractivity contribution in [3.05, 3.63) is 16.1 Å². The first-order chi connectivity index (χ1) is 10.7. The van der Waals surface area contributed by atoms with Gasteiger partial charge >= 0.3 is 0 Å². The van der Waals surface area contributed by atoms with E-state index in [1.165, 1.54) is 23.5 Å².